The van der Waals surface area contributed by atoms with Crippen molar-refractivity contribution in [1.29, 1.82) is 0 Å². The van der Waals surface area contributed by atoms with E-state index in [0.29, 0.717) is 5.69 Å². The third kappa shape index (κ3) is 3.73. The molecule has 8 nitrogen and oxygen atoms in total. The number of aliphatic hydroxyl groups is 1. The summed E-state index contributed by atoms with van der Waals surface area (Å²) in [7, 11) is 1.22. The standard InChI is InChI=1S/C17H18N2O6/c1-17(2)8-13(20)12(15(21)14(17)16(22)25-3)9-18-10-4-6-11(7-5-10)19(23)24/h4-7,9,14,21H,8H2,1-3H3/t14-/m1/s1. The van der Waals surface area contributed by atoms with E-state index < -0.39 is 22.2 Å². The number of ketones is 1. The molecule has 0 spiro atoms. The van der Waals surface area contributed by atoms with E-state index in [1.807, 2.05) is 0 Å². The molecule has 132 valence electrons. The zero-order chi connectivity index (χ0) is 18.8. The molecular weight excluding hydrogens is 328 g/mol. The van der Waals surface area contributed by atoms with Crippen LogP contribution in [0.2, 0.25) is 0 Å². The Hall–Kier alpha value is -3.03. The number of ether oxygens (including phenoxy) is 1. The number of hydrogen-bond donors (Lipinski definition) is 1. The van der Waals surface area contributed by atoms with E-state index in [-0.39, 0.29) is 29.2 Å². The molecule has 0 heterocycles. The van der Waals surface area contributed by atoms with Crippen LogP contribution in [0.3, 0.4) is 0 Å². The highest BCUT2D eigenvalue weighted by Crippen LogP contribution is 2.41. The van der Waals surface area contributed by atoms with Gasteiger partial charge in [0, 0.05) is 24.8 Å². The number of hydrogen-bond acceptors (Lipinski definition) is 7. The normalized spacial score (nSPS) is 20.0. The van der Waals surface area contributed by atoms with E-state index in [4.69, 9.17) is 4.74 Å². The summed E-state index contributed by atoms with van der Waals surface area (Å²) in [4.78, 5) is 38.4. The van der Waals surface area contributed by atoms with Gasteiger partial charge in [0.1, 0.15) is 11.7 Å². The van der Waals surface area contributed by atoms with Crippen LogP contribution in [0.15, 0.2) is 40.6 Å². The number of carbonyl (C=O) groups is 2. The third-order valence-electron chi connectivity index (χ3n) is 4.09. The summed E-state index contributed by atoms with van der Waals surface area (Å²) in [6, 6.07) is 5.40. The first-order valence-corrected chi connectivity index (χ1v) is 7.50. The minimum absolute atomic E-state index is 0.0540. The third-order valence-corrected chi connectivity index (χ3v) is 4.09. The van der Waals surface area contributed by atoms with Crippen LogP contribution < -0.4 is 0 Å². The highest BCUT2D eigenvalue weighted by atomic mass is 16.6. The average molecular weight is 346 g/mol. The van der Waals surface area contributed by atoms with Crippen molar-refractivity contribution >= 4 is 29.3 Å². The Bertz CT molecular complexity index is 777. The summed E-state index contributed by atoms with van der Waals surface area (Å²) >= 11 is 0. The van der Waals surface area contributed by atoms with Crippen LogP contribution in [-0.4, -0.2) is 35.1 Å². The maximum Gasteiger partial charge on any atom is 0.316 e. The Morgan fingerprint density at radius 1 is 1.40 bits per heavy atom. The van der Waals surface area contributed by atoms with Gasteiger partial charge in [0.05, 0.1) is 23.3 Å². The number of carbonyl (C=O) groups excluding carboxylic acids is 2. The van der Waals surface area contributed by atoms with Crippen LogP contribution in [0.1, 0.15) is 20.3 Å². The smallest absolute Gasteiger partial charge is 0.316 e. The maximum atomic E-state index is 12.3. The number of allylic oxidation sites excluding steroid dienone is 1. The van der Waals surface area contributed by atoms with Gasteiger partial charge in [-0.3, -0.25) is 24.7 Å². The number of Topliss-reactive ketones (excluding diaryl/α,β-unsaturated/α-hetero) is 1. The molecule has 1 N–H and O–H groups in total. The fraction of sp³-hybridized carbons (Fsp3) is 0.353. The van der Waals surface area contributed by atoms with E-state index in [1.165, 1.54) is 37.6 Å². The lowest BCUT2D eigenvalue weighted by molar-refractivity contribution is -0.384. The molecule has 0 radical (unpaired) electrons. The topological polar surface area (TPSA) is 119 Å². The first-order chi connectivity index (χ1) is 11.7. The van der Waals surface area contributed by atoms with Crippen LogP contribution >= 0.6 is 0 Å². The van der Waals surface area contributed by atoms with Gasteiger partial charge >= 0.3 is 5.97 Å². The van der Waals surface area contributed by atoms with Crippen molar-refractivity contribution in [3.05, 3.63) is 45.7 Å². The number of rotatable bonds is 4. The van der Waals surface area contributed by atoms with Crippen molar-refractivity contribution in [1.82, 2.24) is 0 Å². The zero-order valence-corrected chi connectivity index (χ0v) is 14.1. The molecule has 0 aliphatic heterocycles. The molecule has 25 heavy (non-hydrogen) atoms. The van der Waals surface area contributed by atoms with Gasteiger partial charge in [-0.15, -0.1) is 0 Å². The molecular formula is C17H18N2O6. The number of aliphatic imine (C=N–C) groups is 1. The van der Waals surface area contributed by atoms with Crippen LogP contribution in [0.4, 0.5) is 11.4 Å². The van der Waals surface area contributed by atoms with Gasteiger partial charge in [0.15, 0.2) is 5.78 Å². The van der Waals surface area contributed by atoms with E-state index >= 15 is 0 Å². The molecule has 0 fully saturated rings. The number of nitro groups is 1. The molecule has 1 aromatic carbocycles. The van der Waals surface area contributed by atoms with E-state index in [0.717, 1.165) is 0 Å². The second kappa shape index (κ2) is 6.84. The number of esters is 1. The summed E-state index contributed by atoms with van der Waals surface area (Å²) in [5.74, 6) is -2.31. The Morgan fingerprint density at radius 3 is 2.52 bits per heavy atom. The molecule has 0 saturated heterocycles. The van der Waals surface area contributed by atoms with Crippen molar-refractivity contribution in [2.75, 3.05) is 7.11 Å². The van der Waals surface area contributed by atoms with Crippen molar-refractivity contribution in [3.63, 3.8) is 0 Å². The fourth-order valence-corrected chi connectivity index (χ4v) is 2.77. The monoisotopic (exact) mass is 346 g/mol. The van der Waals surface area contributed by atoms with Gasteiger partial charge < -0.3 is 9.84 Å². The molecule has 1 aromatic rings. The first-order valence-electron chi connectivity index (χ1n) is 7.50. The van der Waals surface area contributed by atoms with E-state index in [2.05, 4.69) is 4.99 Å². The lowest BCUT2D eigenvalue weighted by Crippen LogP contribution is -2.40. The SMILES string of the molecule is COC(=O)[C@H]1C(O)=C(C=Nc2ccc([N+](=O)[O-])cc2)C(=O)CC1(C)C. The van der Waals surface area contributed by atoms with Crippen molar-refractivity contribution < 1.29 is 24.4 Å². The van der Waals surface area contributed by atoms with Crippen molar-refractivity contribution in [2.24, 2.45) is 16.3 Å². The molecule has 0 amide bonds. The van der Waals surface area contributed by atoms with E-state index in [1.54, 1.807) is 13.8 Å². The molecule has 0 unspecified atom stereocenters. The minimum atomic E-state index is -0.964. The van der Waals surface area contributed by atoms with Crippen molar-refractivity contribution in [2.45, 2.75) is 20.3 Å². The predicted molar refractivity (Wildman–Crippen MR) is 89.8 cm³/mol. The molecule has 1 aliphatic rings. The second-order valence-electron chi connectivity index (χ2n) is 6.38. The Morgan fingerprint density at radius 2 is 2.00 bits per heavy atom. The lowest BCUT2D eigenvalue weighted by Gasteiger charge is -2.35. The average Bonchev–Trinajstić information content (AvgIpc) is 2.53. The second-order valence-corrected chi connectivity index (χ2v) is 6.38. The van der Waals surface area contributed by atoms with Gasteiger partial charge in [0.25, 0.3) is 5.69 Å². The summed E-state index contributed by atoms with van der Waals surface area (Å²) in [5.41, 5.74) is -0.549. The van der Waals surface area contributed by atoms with Crippen LogP contribution in [0, 0.1) is 21.4 Å². The molecule has 0 bridgehead atoms. The number of non-ortho nitro benzene ring substituents is 1. The van der Waals surface area contributed by atoms with Crippen LogP contribution in [0.25, 0.3) is 0 Å². The maximum absolute atomic E-state index is 12.3. The van der Waals surface area contributed by atoms with Gasteiger partial charge in [-0.1, -0.05) is 13.8 Å². The van der Waals surface area contributed by atoms with Gasteiger partial charge in [-0.05, 0) is 17.5 Å². The number of aliphatic hydroxyl groups excluding tert-OH is 1. The van der Waals surface area contributed by atoms with Crippen molar-refractivity contribution in [3.8, 4) is 0 Å². The largest absolute Gasteiger partial charge is 0.511 e. The number of nitro benzene ring substituents is 1. The fourth-order valence-electron chi connectivity index (χ4n) is 2.77. The highest BCUT2D eigenvalue weighted by Gasteiger charge is 2.46. The Balaban J connectivity index is 2.37. The molecule has 2 rings (SSSR count). The zero-order valence-electron chi connectivity index (χ0n) is 14.1. The molecule has 0 saturated carbocycles. The molecule has 8 heteroatoms. The molecule has 1 atom stereocenters. The van der Waals surface area contributed by atoms with Gasteiger partial charge in [-0.25, -0.2) is 0 Å². The summed E-state index contributed by atoms with van der Waals surface area (Å²) < 4.78 is 4.72. The summed E-state index contributed by atoms with van der Waals surface area (Å²) in [5, 5.41) is 21.0. The first kappa shape index (κ1) is 18.3. The van der Waals surface area contributed by atoms with Gasteiger partial charge in [-0.2, -0.15) is 0 Å². The quantitative estimate of drug-likeness (QED) is 0.387. The minimum Gasteiger partial charge on any atom is -0.511 e. The number of nitrogens with zero attached hydrogens (tertiary/aromatic N) is 2. The Labute approximate surface area is 144 Å². The highest BCUT2D eigenvalue weighted by molar-refractivity contribution is 6.15. The van der Waals surface area contributed by atoms with E-state index in [9.17, 15) is 24.8 Å². The van der Waals surface area contributed by atoms with Gasteiger partial charge in [0.2, 0.25) is 0 Å². The molecule has 0 aromatic heterocycles. The lowest BCUT2D eigenvalue weighted by atomic mass is 9.68. The summed E-state index contributed by atoms with van der Waals surface area (Å²) in [6.45, 7) is 3.40. The number of methoxy groups -OCH3 is 1. The molecule has 1 aliphatic carbocycles. The predicted octanol–water partition coefficient (Wildman–Crippen LogP) is 2.90. The summed E-state index contributed by atoms with van der Waals surface area (Å²) in [6.07, 6.45) is 1.22. The Kier molecular flexibility index (Phi) is 5.01. The number of benzene rings is 1. The van der Waals surface area contributed by atoms with Crippen LogP contribution in [-0.2, 0) is 14.3 Å². The van der Waals surface area contributed by atoms with Crippen LogP contribution in [0.5, 0.6) is 0 Å².